The van der Waals surface area contributed by atoms with Crippen molar-refractivity contribution in [2.24, 2.45) is 0 Å². The molecule has 6 nitrogen and oxygen atoms in total. The van der Waals surface area contributed by atoms with E-state index in [1.54, 1.807) is 6.08 Å². The molecule has 0 fully saturated rings. The van der Waals surface area contributed by atoms with Gasteiger partial charge in [-0.25, -0.2) is 0 Å². The second-order valence-corrected chi connectivity index (χ2v) is 16.7. The SMILES string of the molecule is CC/C=C\C/C=C\C/C=C\C/C=C\C/C=C\CC(=O)OC(COC(=O)CCCCCCC/C=C\CCC)COC(=O)CCCCCCCC/C=C\C/C=C\C/C=C\CCCCCCC. The van der Waals surface area contributed by atoms with Crippen molar-refractivity contribution in [2.75, 3.05) is 13.2 Å². The van der Waals surface area contributed by atoms with Gasteiger partial charge in [0.1, 0.15) is 13.2 Å². The second-order valence-electron chi connectivity index (χ2n) is 16.7. The summed E-state index contributed by atoms with van der Waals surface area (Å²) in [5, 5.41) is 0. The first kappa shape index (κ1) is 60.1. The predicted molar refractivity (Wildman–Crippen MR) is 274 cm³/mol. The molecule has 0 aromatic carbocycles. The standard InChI is InChI=1S/C58H94O6/c1-4-7-10-13-16-19-22-24-26-27-28-29-30-31-33-34-36-39-42-45-48-51-57(60)63-54-55(53-62-56(59)50-47-44-41-38-21-18-15-12-9-6-3)64-58(61)52-49-46-43-40-37-35-32-25-23-20-17-14-11-8-5-2/h8,11-12,15,17,20,22,24-25,27-28,30-32,37,40,46,49,55H,4-7,9-10,13-14,16,18-19,21,23,26,29,33-36,38-39,41-45,47-48,50-54H2,1-3H3/b11-8-,15-12-,20-17-,24-22-,28-27-,31-30-,32-25-,40-37-,49-46-. The van der Waals surface area contributed by atoms with Gasteiger partial charge in [-0.2, -0.15) is 0 Å². The van der Waals surface area contributed by atoms with Crippen LogP contribution in [0.5, 0.6) is 0 Å². The van der Waals surface area contributed by atoms with E-state index in [-0.39, 0.29) is 31.6 Å². The van der Waals surface area contributed by atoms with Crippen molar-refractivity contribution >= 4 is 17.9 Å². The molecule has 6 heteroatoms. The van der Waals surface area contributed by atoms with Crippen LogP contribution in [0.4, 0.5) is 0 Å². The molecule has 0 bridgehead atoms. The fraction of sp³-hybridized carbons (Fsp3) is 0.638. The Bertz CT molecular complexity index is 1340. The number of hydrogen-bond acceptors (Lipinski definition) is 6. The van der Waals surface area contributed by atoms with Crippen LogP contribution in [-0.4, -0.2) is 37.2 Å². The number of carbonyl (C=O) groups is 3. The third kappa shape index (κ3) is 49.1. The Morgan fingerprint density at radius 1 is 0.344 bits per heavy atom. The van der Waals surface area contributed by atoms with Gasteiger partial charge in [0, 0.05) is 12.8 Å². The van der Waals surface area contributed by atoms with Crippen LogP contribution in [0.3, 0.4) is 0 Å². The lowest BCUT2D eigenvalue weighted by Gasteiger charge is -2.18. The van der Waals surface area contributed by atoms with Gasteiger partial charge in [0.25, 0.3) is 0 Å². The molecule has 64 heavy (non-hydrogen) atoms. The average molecular weight is 887 g/mol. The van der Waals surface area contributed by atoms with Gasteiger partial charge in [-0.1, -0.05) is 207 Å². The molecule has 0 saturated carbocycles. The largest absolute Gasteiger partial charge is 0.462 e. The van der Waals surface area contributed by atoms with E-state index in [1.807, 2.05) is 6.08 Å². The lowest BCUT2D eigenvalue weighted by atomic mass is 10.1. The smallest absolute Gasteiger partial charge is 0.310 e. The molecule has 0 aliphatic heterocycles. The van der Waals surface area contributed by atoms with Gasteiger partial charge in [-0.3, -0.25) is 14.4 Å². The Morgan fingerprint density at radius 3 is 1.11 bits per heavy atom. The third-order valence-corrected chi connectivity index (χ3v) is 10.5. The molecule has 0 heterocycles. The molecular formula is C58H94O6. The first-order chi connectivity index (χ1) is 31.5. The highest BCUT2D eigenvalue weighted by Crippen LogP contribution is 2.12. The van der Waals surface area contributed by atoms with Gasteiger partial charge >= 0.3 is 17.9 Å². The normalized spacial score (nSPS) is 13.0. The van der Waals surface area contributed by atoms with Crippen molar-refractivity contribution in [2.45, 2.75) is 226 Å². The Balaban J connectivity index is 4.47. The molecule has 0 aliphatic rings. The van der Waals surface area contributed by atoms with E-state index in [1.165, 1.54) is 64.2 Å². The first-order valence-electron chi connectivity index (χ1n) is 25.9. The van der Waals surface area contributed by atoms with Crippen LogP contribution in [-0.2, 0) is 28.6 Å². The molecule has 0 spiro atoms. The number of unbranched alkanes of at least 4 members (excludes halogenated alkanes) is 17. The monoisotopic (exact) mass is 887 g/mol. The molecule has 362 valence electrons. The zero-order chi connectivity index (χ0) is 46.5. The van der Waals surface area contributed by atoms with Crippen LogP contribution in [0.25, 0.3) is 0 Å². The summed E-state index contributed by atoms with van der Waals surface area (Å²) in [6.45, 7) is 6.33. The summed E-state index contributed by atoms with van der Waals surface area (Å²) in [6.07, 6.45) is 69.6. The topological polar surface area (TPSA) is 78.9 Å². The number of allylic oxidation sites excluding steroid dienone is 17. The van der Waals surface area contributed by atoms with Crippen LogP contribution in [0, 0.1) is 0 Å². The molecule has 0 aromatic heterocycles. The minimum Gasteiger partial charge on any atom is -0.462 e. The van der Waals surface area contributed by atoms with Crippen molar-refractivity contribution in [3.63, 3.8) is 0 Å². The number of carbonyl (C=O) groups excluding carboxylic acids is 3. The molecule has 0 aliphatic carbocycles. The Hall–Kier alpha value is -3.93. The minimum atomic E-state index is -0.842. The summed E-state index contributed by atoms with van der Waals surface area (Å²) in [5.41, 5.74) is 0. The molecule has 1 unspecified atom stereocenters. The molecule has 0 amide bonds. The van der Waals surface area contributed by atoms with Crippen molar-refractivity contribution in [3.05, 3.63) is 109 Å². The maximum atomic E-state index is 12.7. The highest BCUT2D eigenvalue weighted by atomic mass is 16.6. The van der Waals surface area contributed by atoms with Gasteiger partial charge in [0.15, 0.2) is 6.10 Å². The van der Waals surface area contributed by atoms with Gasteiger partial charge in [0.05, 0.1) is 6.42 Å². The average Bonchev–Trinajstić information content (AvgIpc) is 3.29. The van der Waals surface area contributed by atoms with Gasteiger partial charge < -0.3 is 14.2 Å². The maximum Gasteiger partial charge on any atom is 0.310 e. The van der Waals surface area contributed by atoms with Crippen LogP contribution in [0.1, 0.15) is 220 Å². The molecule has 1 atom stereocenters. The van der Waals surface area contributed by atoms with Crippen molar-refractivity contribution < 1.29 is 28.6 Å². The lowest BCUT2D eigenvalue weighted by molar-refractivity contribution is -0.166. The summed E-state index contributed by atoms with van der Waals surface area (Å²) >= 11 is 0. The van der Waals surface area contributed by atoms with Crippen molar-refractivity contribution in [1.82, 2.24) is 0 Å². The zero-order valence-corrected chi connectivity index (χ0v) is 41.3. The number of ether oxygens (including phenoxy) is 3. The van der Waals surface area contributed by atoms with E-state index in [4.69, 9.17) is 14.2 Å². The lowest BCUT2D eigenvalue weighted by Crippen LogP contribution is -2.30. The minimum absolute atomic E-state index is 0.0887. The highest BCUT2D eigenvalue weighted by Gasteiger charge is 2.19. The molecule has 0 saturated heterocycles. The number of rotatable bonds is 45. The number of esters is 3. The van der Waals surface area contributed by atoms with E-state index in [2.05, 4.69) is 118 Å². The Labute approximate surface area is 393 Å². The highest BCUT2D eigenvalue weighted by molar-refractivity contribution is 5.72. The Morgan fingerprint density at radius 2 is 0.688 bits per heavy atom. The molecule has 0 radical (unpaired) electrons. The predicted octanol–water partition coefficient (Wildman–Crippen LogP) is 17.1. The summed E-state index contributed by atoms with van der Waals surface area (Å²) < 4.78 is 16.6. The molecule has 0 rings (SSSR count). The molecular weight excluding hydrogens is 793 g/mol. The van der Waals surface area contributed by atoms with E-state index in [0.29, 0.717) is 19.3 Å². The fourth-order valence-corrected chi connectivity index (χ4v) is 6.64. The molecule has 0 N–H and O–H groups in total. The maximum absolute atomic E-state index is 12.7. The first-order valence-corrected chi connectivity index (χ1v) is 25.9. The fourth-order valence-electron chi connectivity index (χ4n) is 6.64. The van der Waals surface area contributed by atoms with Crippen LogP contribution in [0.15, 0.2) is 109 Å². The van der Waals surface area contributed by atoms with E-state index in [0.717, 1.165) is 109 Å². The summed E-state index contributed by atoms with van der Waals surface area (Å²) in [6, 6.07) is 0. The van der Waals surface area contributed by atoms with Gasteiger partial charge in [-0.05, 0) is 103 Å². The van der Waals surface area contributed by atoms with Crippen LogP contribution in [0.2, 0.25) is 0 Å². The Kier molecular flexibility index (Phi) is 48.5. The van der Waals surface area contributed by atoms with Crippen LogP contribution < -0.4 is 0 Å². The number of hydrogen-bond donors (Lipinski definition) is 0. The van der Waals surface area contributed by atoms with Crippen LogP contribution >= 0.6 is 0 Å². The van der Waals surface area contributed by atoms with Gasteiger partial charge in [-0.15, -0.1) is 0 Å². The van der Waals surface area contributed by atoms with E-state index < -0.39 is 12.1 Å². The second kappa shape index (κ2) is 51.7. The third-order valence-electron chi connectivity index (χ3n) is 10.5. The summed E-state index contributed by atoms with van der Waals surface area (Å²) in [4.78, 5) is 37.8. The van der Waals surface area contributed by atoms with Crippen molar-refractivity contribution in [1.29, 1.82) is 0 Å². The quantitative estimate of drug-likeness (QED) is 0.0262. The molecule has 0 aromatic rings. The van der Waals surface area contributed by atoms with Gasteiger partial charge in [0.2, 0.25) is 0 Å². The van der Waals surface area contributed by atoms with E-state index in [9.17, 15) is 14.4 Å². The summed E-state index contributed by atoms with van der Waals surface area (Å²) in [7, 11) is 0. The van der Waals surface area contributed by atoms with E-state index >= 15 is 0 Å². The zero-order valence-electron chi connectivity index (χ0n) is 41.3. The van der Waals surface area contributed by atoms with Crippen molar-refractivity contribution in [3.8, 4) is 0 Å². The summed E-state index contributed by atoms with van der Waals surface area (Å²) in [5.74, 6) is -1.09.